The van der Waals surface area contributed by atoms with Gasteiger partial charge in [-0.2, -0.15) is 0 Å². The number of benzene rings is 2. The summed E-state index contributed by atoms with van der Waals surface area (Å²) in [7, 11) is 0. The molecule has 0 saturated heterocycles. The molecule has 1 unspecified atom stereocenters. The monoisotopic (exact) mass is 302 g/mol. The van der Waals surface area contributed by atoms with Gasteiger partial charge in [0.1, 0.15) is 11.6 Å². The molecule has 3 aromatic rings. The van der Waals surface area contributed by atoms with Crippen LogP contribution in [0.4, 0.5) is 4.39 Å². The van der Waals surface area contributed by atoms with E-state index in [2.05, 4.69) is 24.0 Å². The molecule has 4 heteroatoms. The van der Waals surface area contributed by atoms with Crippen LogP contribution in [-0.4, -0.2) is 9.55 Å². The number of hydrogen-bond donors (Lipinski definition) is 0. The lowest BCUT2D eigenvalue weighted by Gasteiger charge is -2.17. The summed E-state index contributed by atoms with van der Waals surface area (Å²) in [6, 6.07) is 15.1. The number of fused-ring (bicyclic) bond motifs is 1. The third-order valence-electron chi connectivity index (χ3n) is 3.66. The summed E-state index contributed by atoms with van der Waals surface area (Å²) in [5.41, 5.74) is 2.82. The Morgan fingerprint density at radius 3 is 2.67 bits per heavy atom. The Morgan fingerprint density at radius 1 is 1.19 bits per heavy atom. The van der Waals surface area contributed by atoms with Gasteiger partial charge in [0.25, 0.3) is 0 Å². The zero-order chi connectivity index (χ0) is 14.8. The van der Waals surface area contributed by atoms with E-state index >= 15 is 0 Å². The molecule has 2 aromatic carbocycles. The molecule has 21 heavy (non-hydrogen) atoms. The van der Waals surface area contributed by atoms with Gasteiger partial charge >= 0.3 is 0 Å². The second-order valence-electron chi connectivity index (χ2n) is 5.20. The van der Waals surface area contributed by atoms with E-state index in [1.54, 1.807) is 6.07 Å². The first-order valence-electron chi connectivity index (χ1n) is 6.95. The smallest absolute Gasteiger partial charge is 0.125 e. The fourth-order valence-corrected chi connectivity index (χ4v) is 2.94. The topological polar surface area (TPSA) is 17.8 Å². The van der Waals surface area contributed by atoms with Crippen LogP contribution < -0.4 is 0 Å². The molecule has 1 atom stereocenters. The van der Waals surface area contributed by atoms with E-state index in [0.717, 1.165) is 23.3 Å². The zero-order valence-electron chi connectivity index (χ0n) is 11.8. The van der Waals surface area contributed by atoms with E-state index in [9.17, 15) is 4.39 Å². The number of aromatic nitrogens is 2. The predicted molar refractivity (Wildman–Crippen MR) is 84.1 cm³/mol. The van der Waals surface area contributed by atoms with Gasteiger partial charge in [-0.15, -0.1) is 11.6 Å². The maximum absolute atomic E-state index is 13.5. The lowest BCUT2D eigenvalue weighted by atomic mass is 10.1. The highest BCUT2D eigenvalue weighted by atomic mass is 35.5. The quantitative estimate of drug-likeness (QED) is 0.638. The molecule has 3 rings (SSSR count). The van der Waals surface area contributed by atoms with E-state index in [0.29, 0.717) is 5.88 Å². The summed E-state index contributed by atoms with van der Waals surface area (Å²) >= 11 is 6.01. The van der Waals surface area contributed by atoms with Crippen molar-refractivity contribution in [2.75, 3.05) is 0 Å². The van der Waals surface area contributed by atoms with Crippen LogP contribution in [0.3, 0.4) is 0 Å². The number of imidazole rings is 1. The van der Waals surface area contributed by atoms with Crippen molar-refractivity contribution in [2.24, 2.45) is 0 Å². The fourth-order valence-electron chi connectivity index (χ4n) is 2.75. The van der Waals surface area contributed by atoms with Gasteiger partial charge < -0.3 is 4.57 Å². The van der Waals surface area contributed by atoms with Gasteiger partial charge in [-0.1, -0.05) is 30.3 Å². The van der Waals surface area contributed by atoms with Crippen molar-refractivity contribution in [2.45, 2.75) is 25.3 Å². The highest BCUT2D eigenvalue weighted by Gasteiger charge is 2.16. The van der Waals surface area contributed by atoms with E-state index in [1.807, 2.05) is 22.8 Å². The molecule has 0 aliphatic rings. The molecule has 0 aliphatic carbocycles. The van der Waals surface area contributed by atoms with Gasteiger partial charge in [0.15, 0.2) is 0 Å². The van der Waals surface area contributed by atoms with Gasteiger partial charge in [-0.05, 0) is 37.1 Å². The van der Waals surface area contributed by atoms with E-state index in [1.165, 1.54) is 17.7 Å². The Kier molecular flexibility index (Phi) is 3.93. The molecule has 0 spiro atoms. The van der Waals surface area contributed by atoms with Crippen LogP contribution in [0.15, 0.2) is 48.5 Å². The third-order valence-corrected chi connectivity index (χ3v) is 3.90. The van der Waals surface area contributed by atoms with Gasteiger partial charge in [0.2, 0.25) is 0 Å². The zero-order valence-corrected chi connectivity index (χ0v) is 12.5. The largest absolute Gasteiger partial charge is 0.324 e. The fraction of sp³-hybridized carbons (Fsp3) is 0.235. The van der Waals surface area contributed by atoms with Crippen LogP contribution in [-0.2, 0) is 12.3 Å². The molecule has 1 aromatic heterocycles. The highest BCUT2D eigenvalue weighted by Crippen LogP contribution is 2.25. The predicted octanol–water partition coefficient (Wildman–Crippen LogP) is 4.72. The van der Waals surface area contributed by atoms with E-state index in [-0.39, 0.29) is 11.9 Å². The summed E-state index contributed by atoms with van der Waals surface area (Å²) in [6.07, 6.45) is 0.854. The van der Waals surface area contributed by atoms with Crippen LogP contribution in [0.2, 0.25) is 0 Å². The molecule has 0 radical (unpaired) electrons. The standard InChI is InChI=1S/C17H16ClFN2/c1-12(9-13-5-3-2-4-6-13)21-16-10-14(19)7-8-15(16)20-17(21)11-18/h2-8,10,12H,9,11H2,1H3. The van der Waals surface area contributed by atoms with Crippen molar-refractivity contribution >= 4 is 22.6 Å². The molecule has 0 amide bonds. The Bertz CT molecular complexity index is 752. The summed E-state index contributed by atoms with van der Waals surface area (Å²) in [4.78, 5) is 4.50. The summed E-state index contributed by atoms with van der Waals surface area (Å²) < 4.78 is 15.6. The minimum absolute atomic E-state index is 0.160. The first-order valence-corrected chi connectivity index (χ1v) is 7.48. The average molecular weight is 303 g/mol. The SMILES string of the molecule is CC(Cc1ccccc1)n1c(CCl)nc2ccc(F)cc21. The molecule has 0 bridgehead atoms. The van der Waals surface area contributed by atoms with Crippen LogP contribution in [0.5, 0.6) is 0 Å². The first kappa shape index (κ1) is 14.1. The minimum atomic E-state index is -0.253. The molecular weight excluding hydrogens is 287 g/mol. The molecule has 108 valence electrons. The Labute approximate surface area is 128 Å². The van der Waals surface area contributed by atoms with Gasteiger partial charge in [-0.3, -0.25) is 0 Å². The molecule has 0 fully saturated rings. The molecule has 0 N–H and O–H groups in total. The number of halogens is 2. The third kappa shape index (κ3) is 2.79. The minimum Gasteiger partial charge on any atom is -0.324 e. The van der Waals surface area contributed by atoms with E-state index in [4.69, 9.17) is 11.6 Å². The van der Waals surface area contributed by atoms with Crippen LogP contribution in [0.25, 0.3) is 11.0 Å². The van der Waals surface area contributed by atoms with Crippen LogP contribution >= 0.6 is 11.6 Å². The molecular formula is C17H16ClFN2. The van der Waals surface area contributed by atoms with Gasteiger partial charge in [0.05, 0.1) is 16.9 Å². The molecule has 0 aliphatic heterocycles. The van der Waals surface area contributed by atoms with E-state index < -0.39 is 0 Å². The average Bonchev–Trinajstić information content (AvgIpc) is 2.86. The second-order valence-corrected chi connectivity index (χ2v) is 5.47. The van der Waals surface area contributed by atoms with Crippen molar-refractivity contribution in [3.63, 3.8) is 0 Å². The number of rotatable bonds is 4. The van der Waals surface area contributed by atoms with Crippen molar-refractivity contribution in [1.29, 1.82) is 0 Å². The summed E-state index contributed by atoms with van der Waals surface area (Å²) in [6.45, 7) is 2.11. The second kappa shape index (κ2) is 5.86. The number of nitrogens with zero attached hydrogens (tertiary/aromatic N) is 2. The normalized spacial score (nSPS) is 12.7. The van der Waals surface area contributed by atoms with Crippen molar-refractivity contribution < 1.29 is 4.39 Å². The van der Waals surface area contributed by atoms with Crippen LogP contribution in [0, 0.1) is 5.82 Å². The molecule has 1 heterocycles. The highest BCUT2D eigenvalue weighted by molar-refractivity contribution is 6.16. The summed E-state index contributed by atoms with van der Waals surface area (Å²) in [5, 5.41) is 0. The lowest BCUT2D eigenvalue weighted by Crippen LogP contribution is -2.11. The van der Waals surface area contributed by atoms with Gasteiger partial charge in [0, 0.05) is 6.04 Å². The summed E-state index contributed by atoms with van der Waals surface area (Å²) in [5.74, 6) is 0.840. The lowest BCUT2D eigenvalue weighted by molar-refractivity contribution is 0.542. The van der Waals surface area contributed by atoms with Crippen molar-refractivity contribution in [1.82, 2.24) is 9.55 Å². The van der Waals surface area contributed by atoms with Crippen LogP contribution in [0.1, 0.15) is 24.4 Å². The van der Waals surface area contributed by atoms with Crippen molar-refractivity contribution in [3.8, 4) is 0 Å². The maximum Gasteiger partial charge on any atom is 0.125 e. The Balaban J connectivity index is 2.03. The molecule has 0 saturated carbocycles. The van der Waals surface area contributed by atoms with Crippen molar-refractivity contribution in [3.05, 3.63) is 65.7 Å². The first-order chi connectivity index (χ1) is 10.2. The maximum atomic E-state index is 13.5. The van der Waals surface area contributed by atoms with Gasteiger partial charge in [-0.25, -0.2) is 9.37 Å². The number of alkyl halides is 1. The Hall–Kier alpha value is -1.87. The molecule has 2 nitrogen and oxygen atoms in total. The number of hydrogen-bond acceptors (Lipinski definition) is 1. The Morgan fingerprint density at radius 2 is 1.95 bits per heavy atom.